The number of ether oxygens (including phenoxy) is 5. The van der Waals surface area contributed by atoms with Crippen LogP contribution in [0.15, 0.2) is 73.8 Å². The Hall–Kier alpha value is -4.06. The van der Waals surface area contributed by atoms with Gasteiger partial charge in [-0.15, -0.1) is 13.2 Å². The van der Waals surface area contributed by atoms with Gasteiger partial charge in [-0.05, 0) is 54.3 Å². The predicted octanol–water partition coefficient (Wildman–Crippen LogP) is 6.00. The lowest BCUT2D eigenvalue weighted by atomic mass is 9.92. The Balaban J connectivity index is 1.78. The normalized spacial score (nSPS) is 16.3. The third-order valence-corrected chi connectivity index (χ3v) is 6.21. The van der Waals surface area contributed by atoms with Gasteiger partial charge in [0, 0.05) is 17.5 Å². The van der Waals surface area contributed by atoms with E-state index in [0.29, 0.717) is 41.6 Å². The van der Waals surface area contributed by atoms with Crippen LogP contribution in [0, 0.1) is 0 Å². The number of methoxy groups -OCH3 is 3. The molecule has 1 aliphatic heterocycles. The number of benzene rings is 3. The quantitative estimate of drug-likeness (QED) is 0.353. The van der Waals surface area contributed by atoms with Gasteiger partial charge in [0.1, 0.15) is 6.10 Å². The van der Waals surface area contributed by atoms with Crippen molar-refractivity contribution in [1.82, 2.24) is 0 Å². The Morgan fingerprint density at radius 3 is 2.22 bits per heavy atom. The molecule has 3 aromatic rings. The van der Waals surface area contributed by atoms with E-state index in [9.17, 15) is 5.11 Å². The van der Waals surface area contributed by atoms with E-state index in [1.807, 2.05) is 42.5 Å². The molecule has 6 nitrogen and oxygen atoms in total. The number of allylic oxidation sites excluding steroid dienone is 2. The Kier molecular flexibility index (Phi) is 7.74. The molecular formula is C30H32O6. The number of phenolic OH excluding ortho intramolecular Hbond substituents is 1. The average Bonchev–Trinajstić information content (AvgIpc) is 2.89. The summed E-state index contributed by atoms with van der Waals surface area (Å²) < 4.78 is 29.8. The largest absolute Gasteiger partial charge is 0.504 e. The molecule has 1 N–H and O–H groups in total. The van der Waals surface area contributed by atoms with E-state index < -0.39 is 12.2 Å². The first kappa shape index (κ1) is 25.0. The summed E-state index contributed by atoms with van der Waals surface area (Å²) in [6.07, 6.45) is 4.84. The molecule has 0 fully saturated rings. The summed E-state index contributed by atoms with van der Waals surface area (Å²) in [5.41, 5.74) is 3.96. The van der Waals surface area contributed by atoms with Crippen LogP contribution in [0.25, 0.3) is 0 Å². The second kappa shape index (κ2) is 11.1. The monoisotopic (exact) mass is 488 g/mol. The van der Waals surface area contributed by atoms with Crippen LogP contribution in [-0.2, 0) is 19.3 Å². The summed E-state index contributed by atoms with van der Waals surface area (Å²) in [6.45, 7) is 7.67. The topological polar surface area (TPSA) is 66.4 Å². The van der Waals surface area contributed by atoms with E-state index in [2.05, 4.69) is 19.2 Å². The lowest BCUT2D eigenvalue weighted by Gasteiger charge is -2.35. The molecule has 0 aliphatic carbocycles. The third kappa shape index (κ3) is 5.13. The number of aromatic hydroxyl groups is 1. The number of hydrogen-bond donors (Lipinski definition) is 1. The highest BCUT2D eigenvalue weighted by Gasteiger charge is 2.36. The zero-order valence-corrected chi connectivity index (χ0v) is 21.0. The molecule has 3 aromatic carbocycles. The van der Waals surface area contributed by atoms with E-state index in [1.165, 1.54) is 7.11 Å². The Labute approximate surface area is 212 Å². The van der Waals surface area contributed by atoms with Crippen LogP contribution in [0.1, 0.15) is 28.4 Å². The van der Waals surface area contributed by atoms with Crippen molar-refractivity contribution in [3.8, 4) is 34.5 Å². The molecular weight excluding hydrogens is 456 g/mol. The lowest BCUT2D eigenvalue weighted by molar-refractivity contribution is 0.0339. The van der Waals surface area contributed by atoms with Crippen molar-refractivity contribution >= 4 is 0 Å². The number of rotatable bonds is 10. The highest BCUT2D eigenvalue weighted by atomic mass is 16.6. The van der Waals surface area contributed by atoms with Crippen LogP contribution in [0.2, 0.25) is 0 Å². The zero-order chi connectivity index (χ0) is 25.7. The summed E-state index contributed by atoms with van der Waals surface area (Å²) in [6, 6.07) is 15.1. The van der Waals surface area contributed by atoms with E-state index >= 15 is 0 Å². The molecule has 36 heavy (non-hydrogen) atoms. The molecule has 0 unspecified atom stereocenters. The van der Waals surface area contributed by atoms with Crippen molar-refractivity contribution < 1.29 is 28.8 Å². The predicted molar refractivity (Wildman–Crippen MR) is 140 cm³/mol. The smallest absolute Gasteiger partial charge is 0.165 e. The Bertz CT molecular complexity index is 1250. The molecule has 0 spiro atoms. The van der Waals surface area contributed by atoms with Gasteiger partial charge in [-0.25, -0.2) is 0 Å². The lowest BCUT2D eigenvalue weighted by Crippen LogP contribution is -2.35. The highest BCUT2D eigenvalue weighted by Crippen LogP contribution is 2.45. The molecule has 188 valence electrons. The van der Waals surface area contributed by atoms with E-state index in [1.54, 1.807) is 26.4 Å². The number of phenols is 1. The van der Waals surface area contributed by atoms with Gasteiger partial charge in [-0.2, -0.15) is 0 Å². The molecule has 0 saturated carbocycles. The number of fused-ring (bicyclic) bond motifs is 1. The molecule has 2 atom stereocenters. The second-order valence-corrected chi connectivity index (χ2v) is 8.59. The van der Waals surface area contributed by atoms with Gasteiger partial charge in [0.05, 0.1) is 21.3 Å². The Morgan fingerprint density at radius 1 is 0.833 bits per heavy atom. The molecule has 0 aromatic heterocycles. The van der Waals surface area contributed by atoms with Crippen LogP contribution in [0.4, 0.5) is 0 Å². The van der Waals surface area contributed by atoms with Gasteiger partial charge in [-0.1, -0.05) is 30.4 Å². The first-order chi connectivity index (χ1) is 17.5. The van der Waals surface area contributed by atoms with Crippen LogP contribution in [-0.4, -0.2) is 32.5 Å². The molecule has 0 saturated heterocycles. The van der Waals surface area contributed by atoms with Gasteiger partial charge in [-0.3, -0.25) is 0 Å². The fourth-order valence-corrected chi connectivity index (χ4v) is 4.49. The summed E-state index contributed by atoms with van der Waals surface area (Å²) in [7, 11) is 4.78. The number of hydrogen-bond acceptors (Lipinski definition) is 6. The molecule has 4 rings (SSSR count). The molecule has 0 radical (unpaired) electrons. The van der Waals surface area contributed by atoms with Gasteiger partial charge in [0.15, 0.2) is 40.6 Å². The SMILES string of the molecule is C=CCc1ccc(O[C@@H]2Cc3cc(CC=C)cc(OC)c3O[C@H]2c2ccc(O)c(OC)c2)c(OC)c1. The van der Waals surface area contributed by atoms with Crippen molar-refractivity contribution in [1.29, 1.82) is 0 Å². The Morgan fingerprint density at radius 2 is 1.53 bits per heavy atom. The summed E-state index contributed by atoms with van der Waals surface area (Å²) >= 11 is 0. The fourth-order valence-electron chi connectivity index (χ4n) is 4.49. The van der Waals surface area contributed by atoms with Gasteiger partial charge in [0.2, 0.25) is 0 Å². The van der Waals surface area contributed by atoms with E-state index in [0.717, 1.165) is 28.7 Å². The maximum Gasteiger partial charge on any atom is 0.165 e. The maximum atomic E-state index is 10.1. The molecule has 1 aliphatic rings. The second-order valence-electron chi connectivity index (χ2n) is 8.59. The van der Waals surface area contributed by atoms with Crippen LogP contribution in [0.5, 0.6) is 34.5 Å². The van der Waals surface area contributed by atoms with Gasteiger partial charge < -0.3 is 28.8 Å². The first-order valence-corrected chi connectivity index (χ1v) is 11.8. The van der Waals surface area contributed by atoms with Gasteiger partial charge >= 0.3 is 0 Å². The summed E-state index contributed by atoms with van der Waals surface area (Å²) in [5.74, 6) is 3.01. The van der Waals surface area contributed by atoms with Crippen molar-refractivity contribution in [2.45, 2.75) is 31.5 Å². The van der Waals surface area contributed by atoms with Crippen LogP contribution in [0.3, 0.4) is 0 Å². The molecule has 1 heterocycles. The minimum atomic E-state index is -0.497. The molecule has 0 amide bonds. The minimum absolute atomic E-state index is 0.0565. The van der Waals surface area contributed by atoms with Crippen molar-refractivity contribution in [2.75, 3.05) is 21.3 Å². The van der Waals surface area contributed by atoms with Crippen molar-refractivity contribution in [2.24, 2.45) is 0 Å². The minimum Gasteiger partial charge on any atom is -0.504 e. The maximum absolute atomic E-state index is 10.1. The van der Waals surface area contributed by atoms with Crippen molar-refractivity contribution in [3.05, 3.63) is 96.1 Å². The van der Waals surface area contributed by atoms with Crippen LogP contribution < -0.4 is 23.7 Å². The third-order valence-electron chi connectivity index (χ3n) is 6.21. The van der Waals surface area contributed by atoms with Gasteiger partial charge in [0.25, 0.3) is 0 Å². The zero-order valence-electron chi connectivity index (χ0n) is 21.0. The summed E-state index contributed by atoms with van der Waals surface area (Å²) in [5, 5.41) is 10.1. The fraction of sp³-hybridized carbons (Fsp3) is 0.267. The van der Waals surface area contributed by atoms with Crippen LogP contribution >= 0.6 is 0 Å². The highest BCUT2D eigenvalue weighted by molar-refractivity contribution is 5.53. The molecule has 0 bridgehead atoms. The van der Waals surface area contributed by atoms with Crippen molar-refractivity contribution in [3.63, 3.8) is 0 Å². The average molecular weight is 489 g/mol. The van der Waals surface area contributed by atoms with E-state index in [-0.39, 0.29) is 5.75 Å². The summed E-state index contributed by atoms with van der Waals surface area (Å²) in [4.78, 5) is 0. The van der Waals surface area contributed by atoms with E-state index in [4.69, 9.17) is 23.7 Å². The molecule has 6 heteroatoms. The standard InChI is InChI=1S/C30H32O6/c1-6-8-19-10-13-24(26(15-19)33-4)35-28-18-22-14-20(9-7-2)16-27(34-5)30(22)36-29(28)21-11-12-23(31)25(17-21)32-3/h6-7,10-17,28-29,31H,1-2,8-9,18H2,3-5H3/t28-,29+/m1/s1. The first-order valence-electron chi connectivity index (χ1n) is 11.8.